The highest BCUT2D eigenvalue weighted by Gasteiger charge is 2.34. The number of hydrogen-bond donors (Lipinski definition) is 0. The number of aromatic nitrogens is 1. The van der Waals surface area contributed by atoms with Gasteiger partial charge in [-0.05, 0) is 59.7 Å². The zero-order valence-corrected chi connectivity index (χ0v) is 16.8. The molecule has 146 valence electrons. The van der Waals surface area contributed by atoms with Crippen molar-refractivity contribution in [1.82, 2.24) is 9.88 Å². The van der Waals surface area contributed by atoms with Gasteiger partial charge in [0.15, 0.2) is 5.58 Å². The van der Waals surface area contributed by atoms with Gasteiger partial charge in [0.25, 0.3) is 5.91 Å². The summed E-state index contributed by atoms with van der Waals surface area (Å²) in [6.07, 6.45) is 1.83. The highest BCUT2D eigenvalue weighted by Crippen LogP contribution is 2.35. The van der Waals surface area contributed by atoms with Gasteiger partial charge in [0.05, 0.1) is 12.0 Å². The van der Waals surface area contributed by atoms with Crippen molar-refractivity contribution in [2.45, 2.75) is 18.9 Å². The molecule has 3 heterocycles. The van der Waals surface area contributed by atoms with Gasteiger partial charge in [-0.2, -0.15) is 0 Å². The van der Waals surface area contributed by atoms with E-state index in [2.05, 4.69) is 0 Å². The predicted octanol–water partition coefficient (Wildman–Crippen LogP) is 5.54. The molecule has 0 aliphatic carbocycles. The molecule has 1 atom stereocenters. The average Bonchev–Trinajstić information content (AvgIpc) is 3.52. The summed E-state index contributed by atoms with van der Waals surface area (Å²) in [6.45, 7) is 0.733. The van der Waals surface area contributed by atoms with Crippen molar-refractivity contribution in [2.75, 3.05) is 13.7 Å². The number of fused-ring (bicyclic) bond motifs is 1. The van der Waals surface area contributed by atoms with E-state index in [1.165, 1.54) is 11.3 Å². The third kappa shape index (κ3) is 3.29. The Morgan fingerprint density at radius 1 is 1.17 bits per heavy atom. The van der Waals surface area contributed by atoms with E-state index in [1.54, 1.807) is 7.11 Å². The quantitative estimate of drug-likeness (QED) is 0.448. The van der Waals surface area contributed by atoms with Gasteiger partial charge in [-0.15, -0.1) is 11.3 Å². The first-order chi connectivity index (χ1) is 14.2. The summed E-state index contributed by atoms with van der Waals surface area (Å²) >= 11 is 1.47. The van der Waals surface area contributed by atoms with Crippen molar-refractivity contribution < 1.29 is 13.9 Å². The minimum absolute atomic E-state index is 0.0590. The lowest BCUT2D eigenvalue weighted by Crippen LogP contribution is -2.30. The lowest BCUT2D eigenvalue weighted by Gasteiger charge is -2.21. The van der Waals surface area contributed by atoms with Crippen molar-refractivity contribution in [3.8, 4) is 16.9 Å². The van der Waals surface area contributed by atoms with Crippen molar-refractivity contribution in [1.29, 1.82) is 0 Å². The summed E-state index contributed by atoms with van der Waals surface area (Å²) < 4.78 is 11.3. The van der Waals surface area contributed by atoms with Crippen LogP contribution in [-0.4, -0.2) is 29.4 Å². The van der Waals surface area contributed by atoms with Crippen LogP contribution in [0.25, 0.3) is 22.2 Å². The van der Waals surface area contributed by atoms with E-state index in [1.807, 2.05) is 64.9 Å². The summed E-state index contributed by atoms with van der Waals surface area (Å²) in [5.41, 5.74) is 3.71. The second kappa shape index (κ2) is 7.37. The normalized spacial score (nSPS) is 16.4. The van der Waals surface area contributed by atoms with Gasteiger partial charge >= 0.3 is 0 Å². The summed E-state index contributed by atoms with van der Waals surface area (Å²) in [5, 5.41) is 1.93. The fraction of sp³-hybridized carbons (Fsp3) is 0.217. The first-order valence-corrected chi connectivity index (χ1v) is 10.5. The van der Waals surface area contributed by atoms with Gasteiger partial charge in [0, 0.05) is 6.54 Å². The molecule has 0 unspecified atom stereocenters. The van der Waals surface area contributed by atoms with E-state index in [-0.39, 0.29) is 11.9 Å². The van der Waals surface area contributed by atoms with E-state index in [9.17, 15) is 4.79 Å². The van der Waals surface area contributed by atoms with Crippen molar-refractivity contribution in [2.24, 2.45) is 0 Å². The molecule has 5 rings (SSSR count). The van der Waals surface area contributed by atoms with E-state index in [4.69, 9.17) is 14.1 Å². The molecule has 29 heavy (non-hydrogen) atoms. The highest BCUT2D eigenvalue weighted by molar-refractivity contribution is 7.12. The van der Waals surface area contributed by atoms with E-state index >= 15 is 0 Å². The molecule has 0 saturated carbocycles. The number of amides is 1. The lowest BCUT2D eigenvalue weighted by molar-refractivity contribution is 0.0722. The maximum atomic E-state index is 12.9. The van der Waals surface area contributed by atoms with E-state index in [0.29, 0.717) is 5.89 Å². The molecular formula is C23H20N2O3S. The highest BCUT2D eigenvalue weighted by atomic mass is 32.1. The molecule has 1 saturated heterocycles. The maximum Gasteiger partial charge on any atom is 0.264 e. The molecular weight excluding hydrogens is 384 g/mol. The largest absolute Gasteiger partial charge is 0.497 e. The third-order valence-electron chi connectivity index (χ3n) is 5.36. The third-order valence-corrected chi connectivity index (χ3v) is 6.22. The summed E-state index contributed by atoms with van der Waals surface area (Å²) in [5.74, 6) is 1.51. The molecule has 0 N–H and O–H groups in total. The molecule has 2 aromatic carbocycles. The summed E-state index contributed by atoms with van der Waals surface area (Å²) in [4.78, 5) is 20.3. The second-order valence-corrected chi connectivity index (χ2v) is 8.04. The molecule has 2 aromatic heterocycles. The Morgan fingerprint density at radius 3 is 2.76 bits per heavy atom. The van der Waals surface area contributed by atoms with Crippen LogP contribution >= 0.6 is 11.3 Å². The SMILES string of the molecule is COc1ccc(-c2ccc3oc([C@H]4CCCN4C(=O)c4cccs4)nc3c2)cc1. The van der Waals surface area contributed by atoms with Crippen LogP contribution in [0.2, 0.25) is 0 Å². The molecule has 1 aliphatic heterocycles. The topological polar surface area (TPSA) is 55.6 Å². The monoisotopic (exact) mass is 404 g/mol. The molecule has 5 nitrogen and oxygen atoms in total. The average molecular weight is 404 g/mol. The van der Waals surface area contributed by atoms with Gasteiger partial charge in [-0.1, -0.05) is 24.3 Å². The Balaban J connectivity index is 1.45. The predicted molar refractivity (Wildman–Crippen MR) is 113 cm³/mol. The van der Waals surface area contributed by atoms with Crippen LogP contribution in [-0.2, 0) is 0 Å². The zero-order chi connectivity index (χ0) is 19.8. The smallest absolute Gasteiger partial charge is 0.264 e. The van der Waals surface area contributed by atoms with Crippen LogP contribution in [0.4, 0.5) is 0 Å². The standard InChI is InChI=1S/C23H20N2O3S/c1-27-17-9-6-15(7-10-17)16-8-11-20-18(14-16)24-22(28-20)19-4-2-12-25(19)23(26)21-5-3-13-29-21/h3,5-11,13-14,19H,2,4,12H2,1H3/t19-/m1/s1. The van der Waals surface area contributed by atoms with Crippen LogP contribution in [0, 0.1) is 0 Å². The molecule has 1 fully saturated rings. The molecule has 4 aromatic rings. The maximum absolute atomic E-state index is 12.9. The fourth-order valence-corrected chi connectivity index (χ4v) is 4.54. The Labute approximate surface area is 172 Å². The number of hydrogen-bond acceptors (Lipinski definition) is 5. The van der Waals surface area contributed by atoms with Crippen molar-refractivity contribution in [3.63, 3.8) is 0 Å². The van der Waals surface area contributed by atoms with Crippen LogP contribution in [0.3, 0.4) is 0 Å². The number of ether oxygens (including phenoxy) is 1. The molecule has 0 bridgehead atoms. The molecule has 1 aliphatic rings. The molecule has 0 radical (unpaired) electrons. The van der Waals surface area contributed by atoms with Gasteiger partial charge in [0.1, 0.15) is 17.3 Å². The first kappa shape index (κ1) is 17.9. The van der Waals surface area contributed by atoms with Gasteiger partial charge in [-0.25, -0.2) is 4.98 Å². The Kier molecular flexibility index (Phi) is 4.56. The fourth-order valence-electron chi connectivity index (χ4n) is 3.86. The first-order valence-electron chi connectivity index (χ1n) is 9.62. The molecule has 0 spiro atoms. The molecule has 6 heteroatoms. The minimum atomic E-state index is -0.110. The number of nitrogens with zero attached hydrogens (tertiary/aromatic N) is 2. The van der Waals surface area contributed by atoms with Crippen LogP contribution < -0.4 is 4.74 Å². The number of carbonyl (C=O) groups is 1. The summed E-state index contributed by atoms with van der Waals surface area (Å²) in [6, 6.07) is 17.6. The summed E-state index contributed by atoms with van der Waals surface area (Å²) in [7, 11) is 1.66. The van der Waals surface area contributed by atoms with Gasteiger partial charge in [0.2, 0.25) is 5.89 Å². The van der Waals surface area contributed by atoms with Crippen molar-refractivity contribution >= 4 is 28.3 Å². The number of methoxy groups -OCH3 is 1. The number of rotatable bonds is 4. The Hall–Kier alpha value is -3.12. The van der Waals surface area contributed by atoms with E-state index in [0.717, 1.165) is 52.2 Å². The number of benzene rings is 2. The second-order valence-electron chi connectivity index (χ2n) is 7.10. The van der Waals surface area contributed by atoms with Gasteiger partial charge in [-0.3, -0.25) is 4.79 Å². The van der Waals surface area contributed by atoms with Gasteiger partial charge < -0.3 is 14.1 Å². The zero-order valence-electron chi connectivity index (χ0n) is 16.0. The number of thiophene rings is 1. The molecule has 1 amide bonds. The van der Waals surface area contributed by atoms with Crippen LogP contribution in [0.1, 0.15) is 34.4 Å². The van der Waals surface area contributed by atoms with E-state index < -0.39 is 0 Å². The number of likely N-dealkylation sites (tertiary alicyclic amines) is 1. The van der Waals surface area contributed by atoms with Crippen LogP contribution in [0.5, 0.6) is 5.75 Å². The number of carbonyl (C=O) groups excluding carboxylic acids is 1. The van der Waals surface area contributed by atoms with Crippen LogP contribution in [0.15, 0.2) is 64.4 Å². The lowest BCUT2D eigenvalue weighted by atomic mass is 10.1. The Morgan fingerprint density at radius 2 is 2.00 bits per heavy atom. The Bertz CT molecular complexity index is 1150. The minimum Gasteiger partial charge on any atom is -0.497 e. The van der Waals surface area contributed by atoms with Crippen molar-refractivity contribution in [3.05, 3.63) is 70.7 Å². The number of oxazole rings is 1.